The van der Waals surface area contributed by atoms with Gasteiger partial charge < -0.3 is 0 Å². The Morgan fingerprint density at radius 2 is 1.00 bits per heavy atom. The standard InChI is InChI=1S/CH2F4O6P2/c2-8-12(6,9-3)1-13(7,10-4)11-5/h1H2. The molecule has 0 saturated carbocycles. The summed E-state index contributed by atoms with van der Waals surface area (Å²) < 4.78 is 75.3. The van der Waals surface area contributed by atoms with Crippen LogP contribution in [0.1, 0.15) is 0 Å². The predicted octanol–water partition coefficient (Wildman–Crippen LogP) is 2.93. The van der Waals surface area contributed by atoms with Crippen molar-refractivity contribution < 1.29 is 46.1 Å². The average molecular weight is 248 g/mol. The van der Waals surface area contributed by atoms with Gasteiger partial charge in [-0.1, -0.05) is 0 Å². The smallest absolute Gasteiger partial charge is 0.254 e. The minimum atomic E-state index is -5.16. The van der Waals surface area contributed by atoms with E-state index in [1.807, 2.05) is 0 Å². The van der Waals surface area contributed by atoms with Gasteiger partial charge in [0.05, 0.1) is 0 Å². The molecule has 0 aromatic rings. The zero-order valence-electron chi connectivity index (χ0n) is 5.56. The topological polar surface area (TPSA) is 71.1 Å². The number of halogens is 4. The molecule has 80 valence electrons. The fraction of sp³-hybridized carbons (Fsp3) is 1.00. The zero-order chi connectivity index (χ0) is 10.5. The first-order chi connectivity index (χ1) is 5.95. The summed E-state index contributed by atoms with van der Waals surface area (Å²) in [7, 11) is -10.3. The van der Waals surface area contributed by atoms with E-state index in [4.69, 9.17) is 0 Å². The fourth-order valence-electron chi connectivity index (χ4n) is 0.321. The first-order valence-corrected chi connectivity index (χ1v) is 5.80. The van der Waals surface area contributed by atoms with Crippen molar-refractivity contribution >= 4 is 15.2 Å². The molecule has 0 N–H and O–H groups in total. The molecule has 0 bridgehead atoms. The molecule has 0 aromatic carbocycles. The first-order valence-electron chi connectivity index (χ1n) is 2.35. The highest BCUT2D eigenvalue weighted by atomic mass is 31.2. The Labute approximate surface area is 68.4 Å². The van der Waals surface area contributed by atoms with E-state index < -0.39 is 21.1 Å². The van der Waals surface area contributed by atoms with Gasteiger partial charge in [0.2, 0.25) is 0 Å². The molecule has 0 unspecified atom stereocenters. The van der Waals surface area contributed by atoms with Crippen molar-refractivity contribution in [2.45, 2.75) is 0 Å². The highest BCUT2D eigenvalue weighted by molar-refractivity contribution is 7.71. The van der Waals surface area contributed by atoms with Crippen LogP contribution in [0.4, 0.5) is 18.1 Å². The quantitative estimate of drug-likeness (QED) is 0.531. The summed E-state index contributed by atoms with van der Waals surface area (Å²) in [4.78, 5) is 0. The summed E-state index contributed by atoms with van der Waals surface area (Å²) in [5, 5.41) is 0. The summed E-state index contributed by atoms with van der Waals surface area (Å²) in [6.07, 6.45) is 0. The van der Waals surface area contributed by atoms with Gasteiger partial charge in [0, 0.05) is 0 Å². The monoisotopic (exact) mass is 248 g/mol. The maximum absolute atomic E-state index is 11.2. The second-order valence-corrected chi connectivity index (χ2v) is 5.77. The second kappa shape index (κ2) is 5.04. The molecule has 0 fully saturated rings. The molecular formula is CH2F4O6P2. The molecule has 0 heterocycles. The summed E-state index contributed by atoms with van der Waals surface area (Å²) >= 11 is 0. The Morgan fingerprint density at radius 1 is 0.769 bits per heavy atom. The Kier molecular flexibility index (Phi) is 5.05. The molecular weight excluding hydrogens is 246 g/mol. The number of hydrogen-bond donors (Lipinski definition) is 0. The van der Waals surface area contributed by atoms with E-state index >= 15 is 0 Å². The lowest BCUT2D eigenvalue weighted by molar-refractivity contribution is -0.0966. The molecule has 12 heteroatoms. The van der Waals surface area contributed by atoms with Crippen molar-refractivity contribution in [3.05, 3.63) is 0 Å². The third-order valence-electron chi connectivity index (χ3n) is 0.767. The Morgan fingerprint density at radius 3 is 1.15 bits per heavy atom. The molecule has 0 spiro atoms. The van der Waals surface area contributed by atoms with E-state index in [0.717, 1.165) is 0 Å². The molecule has 0 aliphatic heterocycles. The van der Waals surface area contributed by atoms with Gasteiger partial charge in [0.15, 0.2) is 5.90 Å². The van der Waals surface area contributed by atoms with Gasteiger partial charge in [-0.25, -0.2) is 0 Å². The molecule has 0 aliphatic rings. The van der Waals surface area contributed by atoms with Crippen LogP contribution < -0.4 is 0 Å². The van der Waals surface area contributed by atoms with Gasteiger partial charge in [-0.05, 0) is 18.1 Å². The third-order valence-corrected chi connectivity index (χ3v) is 4.38. The van der Waals surface area contributed by atoms with Crippen molar-refractivity contribution in [1.82, 2.24) is 0 Å². The summed E-state index contributed by atoms with van der Waals surface area (Å²) in [5.41, 5.74) is 0. The van der Waals surface area contributed by atoms with Gasteiger partial charge in [0.25, 0.3) is 0 Å². The molecule has 0 rings (SSSR count). The Hall–Kier alpha value is 0.0200. The van der Waals surface area contributed by atoms with Crippen LogP contribution in [0.25, 0.3) is 0 Å². The van der Waals surface area contributed by atoms with Crippen LogP contribution in [0.15, 0.2) is 0 Å². The van der Waals surface area contributed by atoms with E-state index in [-0.39, 0.29) is 0 Å². The molecule has 0 atom stereocenters. The van der Waals surface area contributed by atoms with Gasteiger partial charge in [0.1, 0.15) is 0 Å². The minimum Gasteiger partial charge on any atom is -0.254 e. The largest absolute Gasteiger partial charge is 0.406 e. The first kappa shape index (κ1) is 13.0. The van der Waals surface area contributed by atoms with Crippen LogP contribution in [0.3, 0.4) is 0 Å². The highest BCUT2D eigenvalue weighted by Gasteiger charge is 2.43. The minimum absolute atomic E-state index is 1.89. The lowest BCUT2D eigenvalue weighted by Gasteiger charge is -2.09. The van der Waals surface area contributed by atoms with E-state index in [0.29, 0.717) is 0 Å². The molecule has 0 saturated heterocycles. The lowest BCUT2D eigenvalue weighted by atomic mass is 11.9. The van der Waals surface area contributed by atoms with E-state index in [1.54, 1.807) is 0 Å². The molecule has 0 aromatic heterocycles. The van der Waals surface area contributed by atoms with Crippen LogP contribution in [0, 0.1) is 0 Å². The van der Waals surface area contributed by atoms with Crippen molar-refractivity contribution in [1.29, 1.82) is 0 Å². The Bertz CT molecular complexity index is 203. The van der Waals surface area contributed by atoms with Crippen LogP contribution in [-0.2, 0) is 28.0 Å². The lowest BCUT2D eigenvalue weighted by Crippen LogP contribution is -1.94. The van der Waals surface area contributed by atoms with Crippen molar-refractivity contribution in [3.63, 3.8) is 0 Å². The van der Waals surface area contributed by atoms with Crippen molar-refractivity contribution in [2.75, 3.05) is 5.90 Å². The maximum atomic E-state index is 11.2. The van der Waals surface area contributed by atoms with Gasteiger partial charge >= 0.3 is 15.2 Å². The fourth-order valence-corrected chi connectivity index (χ4v) is 2.76. The predicted molar refractivity (Wildman–Crippen MR) is 28.9 cm³/mol. The van der Waals surface area contributed by atoms with Gasteiger partial charge in [-0.15, -0.1) is 18.9 Å². The summed E-state index contributed by atoms with van der Waals surface area (Å²) in [6.45, 7) is 0. The zero-order valence-corrected chi connectivity index (χ0v) is 7.35. The summed E-state index contributed by atoms with van der Waals surface area (Å²) in [6, 6.07) is 0. The van der Waals surface area contributed by atoms with E-state index in [2.05, 4.69) is 18.9 Å². The normalized spacial score (nSPS) is 13.2. The van der Waals surface area contributed by atoms with Gasteiger partial charge in [-0.2, -0.15) is 0 Å². The number of hydrogen-bond acceptors (Lipinski definition) is 6. The molecule has 0 amide bonds. The van der Waals surface area contributed by atoms with Crippen LogP contribution in [-0.4, -0.2) is 5.90 Å². The van der Waals surface area contributed by atoms with Crippen LogP contribution >= 0.6 is 15.2 Å². The molecule has 13 heavy (non-hydrogen) atoms. The number of rotatable bonds is 6. The van der Waals surface area contributed by atoms with E-state index in [9.17, 15) is 27.2 Å². The van der Waals surface area contributed by atoms with Gasteiger partial charge in [-0.3, -0.25) is 9.13 Å². The second-order valence-electron chi connectivity index (χ2n) is 1.64. The maximum Gasteiger partial charge on any atom is 0.406 e. The molecule has 0 radical (unpaired) electrons. The summed E-state index contributed by atoms with van der Waals surface area (Å²) in [5.74, 6) is -1.89. The van der Waals surface area contributed by atoms with E-state index in [1.165, 1.54) is 0 Å². The third kappa shape index (κ3) is 3.72. The average Bonchev–Trinajstić information content (AvgIpc) is 2.17. The van der Waals surface area contributed by atoms with Crippen molar-refractivity contribution in [3.8, 4) is 0 Å². The van der Waals surface area contributed by atoms with Crippen LogP contribution in [0.5, 0.6) is 0 Å². The Balaban J connectivity index is 4.57. The van der Waals surface area contributed by atoms with Crippen molar-refractivity contribution in [2.24, 2.45) is 0 Å². The highest BCUT2D eigenvalue weighted by Crippen LogP contribution is 2.64. The van der Waals surface area contributed by atoms with Crippen LogP contribution in [0.2, 0.25) is 0 Å². The SMILES string of the molecule is O=P(CP(=O)(OF)OF)(OF)OF. The molecule has 0 aliphatic carbocycles. The molecule has 6 nitrogen and oxygen atoms in total.